The van der Waals surface area contributed by atoms with Crippen molar-refractivity contribution in [3.05, 3.63) is 28.5 Å². The van der Waals surface area contributed by atoms with Crippen molar-refractivity contribution in [2.75, 3.05) is 20.3 Å². The van der Waals surface area contributed by atoms with Gasteiger partial charge in [-0.15, -0.1) is 11.3 Å². The lowest BCUT2D eigenvalue weighted by atomic mass is 10.3. The molecule has 88 valence electrons. The first-order chi connectivity index (χ1) is 7.72. The van der Waals surface area contributed by atoms with Crippen LogP contribution in [0.3, 0.4) is 0 Å². The lowest BCUT2D eigenvalue weighted by Crippen LogP contribution is -2.33. The molecule has 1 aromatic rings. The summed E-state index contributed by atoms with van der Waals surface area (Å²) < 4.78 is 4.74. The van der Waals surface area contributed by atoms with Gasteiger partial charge in [0.05, 0.1) is 12.7 Å². The first-order valence-electron chi connectivity index (χ1n) is 4.89. The van der Waals surface area contributed by atoms with E-state index in [1.165, 1.54) is 13.2 Å². The average Bonchev–Trinajstić information content (AvgIpc) is 2.77. The van der Waals surface area contributed by atoms with Crippen molar-refractivity contribution < 1.29 is 14.6 Å². The highest BCUT2D eigenvalue weighted by molar-refractivity contribution is 7.10. The fraction of sp³-hybridized carbons (Fsp3) is 0.364. The topological polar surface area (TPSA) is 58.6 Å². The average molecular weight is 241 g/mol. The molecule has 0 saturated carbocycles. The van der Waals surface area contributed by atoms with Gasteiger partial charge in [0.25, 0.3) is 0 Å². The number of ether oxygens (including phenoxy) is 1. The Balaban J connectivity index is 2.26. The second-order valence-corrected chi connectivity index (χ2v) is 4.18. The predicted octanol–water partition coefficient (Wildman–Crippen LogP) is 0.885. The van der Waals surface area contributed by atoms with Crippen LogP contribution in [0.2, 0.25) is 0 Å². The Morgan fingerprint density at radius 2 is 2.56 bits per heavy atom. The Kier molecular flexibility index (Phi) is 5.77. The number of thiophene rings is 1. The Morgan fingerprint density at radius 1 is 1.75 bits per heavy atom. The van der Waals surface area contributed by atoms with Gasteiger partial charge in [-0.1, -0.05) is 6.07 Å². The van der Waals surface area contributed by atoms with Gasteiger partial charge in [-0.05, 0) is 17.5 Å². The molecule has 1 atom stereocenters. The van der Waals surface area contributed by atoms with Gasteiger partial charge < -0.3 is 15.2 Å². The van der Waals surface area contributed by atoms with Crippen LogP contribution >= 0.6 is 11.3 Å². The Bertz CT molecular complexity index is 335. The van der Waals surface area contributed by atoms with E-state index in [9.17, 15) is 9.90 Å². The minimum atomic E-state index is -0.663. The lowest BCUT2D eigenvalue weighted by molar-refractivity contribution is -0.117. The fourth-order valence-electron chi connectivity index (χ4n) is 1.07. The minimum Gasteiger partial charge on any atom is -0.389 e. The van der Waals surface area contributed by atoms with Crippen LogP contribution in [0.4, 0.5) is 0 Å². The summed E-state index contributed by atoms with van der Waals surface area (Å²) in [6, 6.07) is 3.85. The summed E-state index contributed by atoms with van der Waals surface area (Å²) in [7, 11) is 1.50. The van der Waals surface area contributed by atoms with E-state index in [1.54, 1.807) is 17.4 Å². The summed E-state index contributed by atoms with van der Waals surface area (Å²) in [6.45, 7) is 0.413. The van der Waals surface area contributed by atoms with Gasteiger partial charge in [-0.3, -0.25) is 4.79 Å². The highest BCUT2D eigenvalue weighted by Gasteiger charge is 2.03. The highest BCUT2D eigenvalue weighted by Crippen LogP contribution is 2.09. The largest absolute Gasteiger partial charge is 0.389 e. The van der Waals surface area contributed by atoms with Gasteiger partial charge >= 0.3 is 0 Å². The predicted molar refractivity (Wildman–Crippen MR) is 64.2 cm³/mol. The number of carbonyl (C=O) groups excluding carboxylic acids is 1. The maximum atomic E-state index is 11.3. The first kappa shape index (κ1) is 12.9. The zero-order valence-corrected chi connectivity index (χ0v) is 9.87. The van der Waals surface area contributed by atoms with Crippen LogP contribution in [0, 0.1) is 0 Å². The van der Waals surface area contributed by atoms with Gasteiger partial charge in [-0.2, -0.15) is 0 Å². The molecule has 1 rings (SSSR count). The molecule has 0 aromatic carbocycles. The molecule has 0 fully saturated rings. The van der Waals surface area contributed by atoms with Gasteiger partial charge in [0.15, 0.2) is 0 Å². The molecular formula is C11H15NO3S. The molecule has 0 radical (unpaired) electrons. The van der Waals surface area contributed by atoms with Crippen molar-refractivity contribution in [2.45, 2.75) is 6.10 Å². The minimum absolute atomic E-state index is 0.196. The number of aliphatic hydroxyl groups is 1. The van der Waals surface area contributed by atoms with Crippen molar-refractivity contribution in [1.82, 2.24) is 5.32 Å². The van der Waals surface area contributed by atoms with Crippen molar-refractivity contribution in [3.8, 4) is 0 Å². The molecule has 5 heteroatoms. The zero-order valence-electron chi connectivity index (χ0n) is 9.05. The lowest BCUT2D eigenvalue weighted by Gasteiger charge is -2.08. The molecule has 2 N–H and O–H groups in total. The summed E-state index contributed by atoms with van der Waals surface area (Å²) in [5.41, 5.74) is 0. The van der Waals surface area contributed by atoms with E-state index in [4.69, 9.17) is 4.74 Å². The Hall–Kier alpha value is -1.17. The van der Waals surface area contributed by atoms with E-state index in [0.717, 1.165) is 4.88 Å². The van der Waals surface area contributed by atoms with E-state index in [2.05, 4.69) is 5.32 Å². The van der Waals surface area contributed by atoms with Gasteiger partial charge in [-0.25, -0.2) is 0 Å². The van der Waals surface area contributed by atoms with Gasteiger partial charge in [0.1, 0.15) is 0 Å². The van der Waals surface area contributed by atoms with Crippen LogP contribution in [-0.4, -0.2) is 37.4 Å². The van der Waals surface area contributed by atoms with Crippen molar-refractivity contribution in [2.24, 2.45) is 0 Å². The number of nitrogens with one attached hydrogen (secondary N) is 1. The normalized spacial score (nSPS) is 12.9. The quantitative estimate of drug-likeness (QED) is 0.727. The van der Waals surface area contributed by atoms with Gasteiger partial charge in [0, 0.05) is 24.6 Å². The number of carbonyl (C=O) groups is 1. The second-order valence-electron chi connectivity index (χ2n) is 3.20. The zero-order chi connectivity index (χ0) is 11.8. The molecule has 0 aliphatic rings. The highest BCUT2D eigenvalue weighted by atomic mass is 32.1. The third-order valence-corrected chi connectivity index (χ3v) is 2.65. The third kappa shape index (κ3) is 5.06. The molecule has 4 nitrogen and oxygen atoms in total. The van der Waals surface area contributed by atoms with Crippen LogP contribution in [0.5, 0.6) is 0 Å². The molecule has 1 heterocycles. The molecule has 0 bridgehead atoms. The number of aliphatic hydroxyl groups excluding tert-OH is 1. The molecule has 0 aliphatic heterocycles. The molecule has 0 spiro atoms. The standard InChI is InChI=1S/C11H15NO3S/c1-15-8-9(13)7-12-11(14)5-4-10-3-2-6-16-10/h2-6,9,13H,7-8H2,1H3,(H,12,14)/b5-4+. The summed E-state index contributed by atoms with van der Waals surface area (Å²) in [5.74, 6) is -0.219. The molecule has 1 aromatic heterocycles. The molecule has 0 saturated heterocycles. The summed E-state index contributed by atoms with van der Waals surface area (Å²) >= 11 is 1.56. The molecular weight excluding hydrogens is 226 g/mol. The van der Waals surface area contributed by atoms with Crippen LogP contribution < -0.4 is 5.32 Å². The number of methoxy groups -OCH3 is 1. The Labute approximate surface area is 98.6 Å². The van der Waals surface area contributed by atoms with Crippen LogP contribution in [0.15, 0.2) is 23.6 Å². The molecule has 1 unspecified atom stereocenters. The summed E-state index contributed by atoms with van der Waals surface area (Å²) in [5, 5.41) is 13.8. The number of rotatable bonds is 6. The summed E-state index contributed by atoms with van der Waals surface area (Å²) in [6.07, 6.45) is 2.53. The monoisotopic (exact) mass is 241 g/mol. The fourth-order valence-corrected chi connectivity index (χ4v) is 1.69. The smallest absolute Gasteiger partial charge is 0.244 e. The first-order valence-corrected chi connectivity index (χ1v) is 5.76. The van der Waals surface area contributed by atoms with E-state index in [1.807, 2.05) is 17.5 Å². The number of hydrogen-bond acceptors (Lipinski definition) is 4. The van der Waals surface area contributed by atoms with Gasteiger partial charge in [0.2, 0.25) is 5.91 Å². The van der Waals surface area contributed by atoms with Crippen molar-refractivity contribution >= 4 is 23.3 Å². The Morgan fingerprint density at radius 3 is 3.19 bits per heavy atom. The van der Waals surface area contributed by atoms with E-state index in [-0.39, 0.29) is 19.1 Å². The van der Waals surface area contributed by atoms with E-state index >= 15 is 0 Å². The maximum Gasteiger partial charge on any atom is 0.244 e. The van der Waals surface area contributed by atoms with Crippen LogP contribution in [0.25, 0.3) is 6.08 Å². The van der Waals surface area contributed by atoms with Crippen LogP contribution in [0.1, 0.15) is 4.88 Å². The van der Waals surface area contributed by atoms with Crippen LogP contribution in [-0.2, 0) is 9.53 Å². The van der Waals surface area contributed by atoms with E-state index in [0.29, 0.717) is 0 Å². The van der Waals surface area contributed by atoms with Crippen molar-refractivity contribution in [3.63, 3.8) is 0 Å². The second kappa shape index (κ2) is 7.16. The number of hydrogen-bond donors (Lipinski definition) is 2. The number of amides is 1. The third-order valence-electron chi connectivity index (χ3n) is 1.81. The summed E-state index contributed by atoms with van der Waals surface area (Å²) in [4.78, 5) is 12.3. The molecule has 0 aliphatic carbocycles. The molecule has 1 amide bonds. The van der Waals surface area contributed by atoms with E-state index < -0.39 is 6.10 Å². The maximum absolute atomic E-state index is 11.3. The SMILES string of the molecule is COCC(O)CNC(=O)/C=C/c1cccs1. The molecule has 16 heavy (non-hydrogen) atoms. The van der Waals surface area contributed by atoms with Crippen molar-refractivity contribution in [1.29, 1.82) is 0 Å².